The van der Waals surface area contributed by atoms with Crippen molar-refractivity contribution in [2.45, 2.75) is 19.9 Å². The molecule has 1 aliphatic rings. The topological polar surface area (TPSA) is 97.2 Å². The molecule has 0 bridgehead atoms. The zero-order chi connectivity index (χ0) is 19.8. The number of pyridine rings is 1. The molecule has 140 valence electrons. The number of hydrogen-bond donors (Lipinski definition) is 1. The Labute approximate surface area is 160 Å². The molecule has 1 N–H and O–H groups in total. The molecule has 0 fully saturated rings. The van der Waals surface area contributed by atoms with Gasteiger partial charge in [-0.15, -0.1) is 0 Å². The lowest BCUT2D eigenvalue weighted by Gasteiger charge is -2.21. The predicted octanol–water partition coefficient (Wildman–Crippen LogP) is 2.20. The van der Waals surface area contributed by atoms with Crippen molar-refractivity contribution in [1.82, 2.24) is 19.7 Å². The second-order valence-corrected chi connectivity index (χ2v) is 6.55. The van der Waals surface area contributed by atoms with E-state index in [1.165, 1.54) is 6.92 Å². The van der Waals surface area contributed by atoms with E-state index >= 15 is 0 Å². The highest BCUT2D eigenvalue weighted by molar-refractivity contribution is 6.23. The van der Waals surface area contributed by atoms with Crippen LogP contribution in [0.1, 0.15) is 33.2 Å². The van der Waals surface area contributed by atoms with Crippen LogP contribution in [0.25, 0.3) is 5.69 Å². The number of benzene rings is 1. The molecule has 28 heavy (non-hydrogen) atoms. The Balaban J connectivity index is 1.51. The highest BCUT2D eigenvalue weighted by Crippen LogP contribution is 2.26. The third kappa shape index (κ3) is 2.94. The zero-order valence-electron chi connectivity index (χ0n) is 15.3. The van der Waals surface area contributed by atoms with Crippen molar-refractivity contribution < 1.29 is 14.4 Å². The van der Waals surface area contributed by atoms with Crippen LogP contribution >= 0.6 is 0 Å². The molecule has 0 saturated heterocycles. The highest BCUT2D eigenvalue weighted by atomic mass is 16.2. The van der Waals surface area contributed by atoms with Crippen molar-refractivity contribution in [2.75, 3.05) is 5.32 Å². The molecule has 2 aromatic heterocycles. The average molecular weight is 375 g/mol. The summed E-state index contributed by atoms with van der Waals surface area (Å²) in [5.41, 5.74) is 2.31. The number of nitrogens with one attached hydrogen (secondary N) is 1. The lowest BCUT2D eigenvalue weighted by molar-refractivity contribution is -0.119. The van der Waals surface area contributed by atoms with Crippen LogP contribution in [-0.4, -0.2) is 43.4 Å². The zero-order valence-corrected chi connectivity index (χ0v) is 15.3. The molecule has 1 aromatic carbocycles. The average Bonchev–Trinajstić information content (AvgIpc) is 3.25. The molecule has 1 atom stereocenters. The molecule has 1 aliphatic heterocycles. The van der Waals surface area contributed by atoms with E-state index in [2.05, 4.69) is 15.4 Å². The molecular weight excluding hydrogens is 358 g/mol. The molecule has 4 rings (SSSR count). The van der Waals surface area contributed by atoms with Crippen molar-refractivity contribution >= 4 is 23.5 Å². The predicted molar refractivity (Wildman–Crippen MR) is 101 cm³/mol. The second kappa shape index (κ2) is 6.73. The fourth-order valence-corrected chi connectivity index (χ4v) is 3.10. The fraction of sp³-hybridized carbons (Fsp3) is 0.150. The molecule has 3 heterocycles. The summed E-state index contributed by atoms with van der Waals surface area (Å²) >= 11 is 0. The summed E-state index contributed by atoms with van der Waals surface area (Å²) in [5.74, 6) is -1.11. The van der Waals surface area contributed by atoms with Crippen LogP contribution in [0, 0.1) is 6.92 Å². The summed E-state index contributed by atoms with van der Waals surface area (Å²) in [6.07, 6.45) is 4.98. The minimum atomic E-state index is -0.973. The molecule has 1 unspecified atom stereocenters. The maximum absolute atomic E-state index is 12.6. The number of imide groups is 1. The third-order valence-electron chi connectivity index (χ3n) is 4.61. The van der Waals surface area contributed by atoms with E-state index in [1.54, 1.807) is 59.7 Å². The van der Waals surface area contributed by atoms with Crippen LogP contribution in [-0.2, 0) is 4.79 Å². The van der Waals surface area contributed by atoms with Crippen LogP contribution in [0.3, 0.4) is 0 Å². The van der Waals surface area contributed by atoms with Gasteiger partial charge in [0.1, 0.15) is 6.04 Å². The van der Waals surface area contributed by atoms with Crippen LogP contribution in [0.2, 0.25) is 0 Å². The number of nitrogens with zero attached hydrogens (tertiary/aromatic N) is 4. The summed E-state index contributed by atoms with van der Waals surface area (Å²) in [7, 11) is 0. The third-order valence-corrected chi connectivity index (χ3v) is 4.61. The van der Waals surface area contributed by atoms with Gasteiger partial charge in [0.15, 0.2) is 5.82 Å². The Morgan fingerprint density at radius 3 is 2.50 bits per heavy atom. The SMILES string of the molecule is Cc1ccc2c(c1)C(=O)N(C(C)C(=O)Nc1ccn(-c3ccncc3)n1)C2=O. The minimum absolute atomic E-state index is 0.317. The van der Waals surface area contributed by atoms with E-state index in [-0.39, 0.29) is 0 Å². The Morgan fingerprint density at radius 2 is 1.75 bits per heavy atom. The molecule has 0 saturated carbocycles. The molecule has 8 nitrogen and oxygen atoms in total. The number of amides is 3. The maximum Gasteiger partial charge on any atom is 0.262 e. The minimum Gasteiger partial charge on any atom is -0.307 e. The van der Waals surface area contributed by atoms with E-state index in [1.807, 2.05) is 6.92 Å². The number of carbonyl (C=O) groups excluding carboxylic acids is 3. The Hall–Kier alpha value is -3.81. The number of aryl methyl sites for hydroxylation is 1. The molecule has 0 aliphatic carbocycles. The number of aromatic nitrogens is 3. The standard InChI is InChI=1S/C20H17N5O3/c1-12-3-4-15-16(11-12)20(28)25(19(15)27)13(2)18(26)22-17-7-10-24(23-17)14-5-8-21-9-6-14/h3-11,13H,1-2H3,(H,22,23,26). The Morgan fingerprint density at radius 1 is 1.04 bits per heavy atom. The van der Waals surface area contributed by atoms with Gasteiger partial charge >= 0.3 is 0 Å². The van der Waals surface area contributed by atoms with E-state index in [4.69, 9.17) is 0 Å². The molecule has 3 aromatic rings. The maximum atomic E-state index is 12.6. The van der Waals surface area contributed by atoms with Gasteiger partial charge in [-0.25, -0.2) is 4.68 Å². The fourth-order valence-electron chi connectivity index (χ4n) is 3.10. The summed E-state index contributed by atoms with van der Waals surface area (Å²) in [4.78, 5) is 42.8. The van der Waals surface area contributed by atoms with Gasteiger partial charge in [0.25, 0.3) is 11.8 Å². The Bertz CT molecular complexity index is 1090. The molecule has 0 radical (unpaired) electrons. The molecular formula is C20H17N5O3. The number of rotatable bonds is 4. The number of anilines is 1. The van der Waals surface area contributed by atoms with E-state index < -0.39 is 23.8 Å². The van der Waals surface area contributed by atoms with Crippen molar-refractivity contribution in [3.05, 3.63) is 71.7 Å². The molecule has 3 amide bonds. The smallest absolute Gasteiger partial charge is 0.262 e. The normalized spacial score (nSPS) is 14.1. The first-order valence-corrected chi connectivity index (χ1v) is 8.71. The highest BCUT2D eigenvalue weighted by Gasteiger charge is 2.40. The van der Waals surface area contributed by atoms with Crippen LogP contribution in [0.4, 0.5) is 5.82 Å². The Kier molecular flexibility index (Phi) is 4.23. The van der Waals surface area contributed by atoms with Gasteiger partial charge in [-0.1, -0.05) is 11.6 Å². The number of hydrogen-bond acceptors (Lipinski definition) is 5. The number of fused-ring (bicyclic) bond motifs is 1. The van der Waals surface area contributed by atoms with Crippen LogP contribution in [0.5, 0.6) is 0 Å². The van der Waals surface area contributed by atoms with E-state index in [9.17, 15) is 14.4 Å². The molecule has 8 heteroatoms. The lowest BCUT2D eigenvalue weighted by Crippen LogP contribution is -2.45. The summed E-state index contributed by atoms with van der Waals surface area (Å²) in [6, 6.07) is 9.27. The van der Waals surface area contributed by atoms with E-state index in [0.717, 1.165) is 16.2 Å². The van der Waals surface area contributed by atoms with Gasteiger partial charge in [0, 0.05) is 24.7 Å². The first-order chi connectivity index (χ1) is 13.5. The summed E-state index contributed by atoms with van der Waals surface area (Å²) in [6.45, 7) is 3.36. The first kappa shape index (κ1) is 17.6. The summed E-state index contributed by atoms with van der Waals surface area (Å²) < 4.78 is 1.59. The van der Waals surface area contributed by atoms with Gasteiger partial charge in [-0.3, -0.25) is 24.3 Å². The van der Waals surface area contributed by atoms with Crippen molar-refractivity contribution in [3.63, 3.8) is 0 Å². The number of carbonyl (C=O) groups is 3. The lowest BCUT2D eigenvalue weighted by atomic mass is 10.1. The van der Waals surface area contributed by atoms with Gasteiger partial charge in [-0.2, -0.15) is 5.10 Å². The van der Waals surface area contributed by atoms with Crippen molar-refractivity contribution in [1.29, 1.82) is 0 Å². The summed E-state index contributed by atoms with van der Waals surface area (Å²) in [5, 5.41) is 6.94. The van der Waals surface area contributed by atoms with E-state index in [0.29, 0.717) is 16.9 Å². The first-order valence-electron chi connectivity index (χ1n) is 8.71. The van der Waals surface area contributed by atoms with Crippen molar-refractivity contribution in [3.8, 4) is 5.69 Å². The quantitative estimate of drug-likeness (QED) is 0.705. The molecule has 0 spiro atoms. The van der Waals surface area contributed by atoms with Crippen LogP contribution in [0.15, 0.2) is 55.0 Å². The van der Waals surface area contributed by atoms with Gasteiger partial charge in [0.2, 0.25) is 5.91 Å². The monoisotopic (exact) mass is 375 g/mol. The second-order valence-electron chi connectivity index (χ2n) is 6.55. The largest absolute Gasteiger partial charge is 0.307 e. The van der Waals surface area contributed by atoms with Crippen LogP contribution < -0.4 is 5.32 Å². The van der Waals surface area contributed by atoms with Crippen molar-refractivity contribution in [2.24, 2.45) is 0 Å². The van der Waals surface area contributed by atoms with Gasteiger partial charge in [0.05, 0.1) is 16.8 Å². The van der Waals surface area contributed by atoms with Gasteiger partial charge in [-0.05, 0) is 38.1 Å². The van der Waals surface area contributed by atoms with Gasteiger partial charge < -0.3 is 5.32 Å².